The highest BCUT2D eigenvalue weighted by Gasteiger charge is 2.06. The fraction of sp³-hybridized carbons (Fsp3) is 0.294. The van der Waals surface area contributed by atoms with Gasteiger partial charge in [-0.2, -0.15) is 0 Å². The highest BCUT2D eigenvalue weighted by atomic mass is 35.5. The van der Waals surface area contributed by atoms with Gasteiger partial charge in [-0.3, -0.25) is 0 Å². The van der Waals surface area contributed by atoms with Crippen molar-refractivity contribution in [2.75, 3.05) is 14.2 Å². The lowest BCUT2D eigenvalue weighted by Gasteiger charge is -2.12. The van der Waals surface area contributed by atoms with Gasteiger partial charge in [-0.25, -0.2) is 0 Å². The molecule has 2 rings (SSSR count). The topological polar surface area (TPSA) is 21.3 Å². The summed E-state index contributed by atoms with van der Waals surface area (Å²) in [4.78, 5) is 1.24. The molecule has 0 radical (unpaired) electrons. The van der Waals surface area contributed by atoms with Crippen LogP contribution in [0.2, 0.25) is 5.02 Å². The summed E-state index contributed by atoms with van der Waals surface area (Å²) in [7, 11) is 3.66. The van der Waals surface area contributed by atoms with Crippen LogP contribution in [0.4, 0.5) is 0 Å². The van der Waals surface area contributed by atoms with Crippen LogP contribution < -0.4 is 10.1 Å². The molecule has 0 spiro atoms. The molecule has 2 aromatic rings. The SMILES string of the molecule is CNC(C)c1ccc(SCc2cc(Cl)ccc2OC)cc1. The van der Waals surface area contributed by atoms with Gasteiger partial charge in [-0.05, 0) is 49.9 Å². The average Bonchev–Trinajstić information content (AvgIpc) is 2.52. The maximum absolute atomic E-state index is 6.06. The molecular formula is C17H20ClNOS. The predicted molar refractivity (Wildman–Crippen MR) is 91.5 cm³/mol. The molecule has 0 saturated heterocycles. The number of methoxy groups -OCH3 is 1. The standard InChI is InChI=1S/C17H20ClNOS/c1-12(19-2)13-4-7-16(8-5-13)21-11-14-10-15(18)6-9-17(14)20-3/h4-10,12,19H,11H2,1-3H3. The molecule has 0 saturated carbocycles. The summed E-state index contributed by atoms with van der Waals surface area (Å²) in [6.45, 7) is 2.15. The first-order valence-corrected chi connectivity index (χ1v) is 8.23. The summed E-state index contributed by atoms with van der Waals surface area (Å²) in [5, 5.41) is 3.98. The van der Waals surface area contributed by atoms with Crippen LogP contribution in [0.25, 0.3) is 0 Å². The molecule has 0 aliphatic heterocycles. The Balaban J connectivity index is 2.04. The Morgan fingerprint density at radius 1 is 1.19 bits per heavy atom. The zero-order chi connectivity index (χ0) is 15.2. The normalized spacial score (nSPS) is 12.2. The Hall–Kier alpha value is -1.16. The highest BCUT2D eigenvalue weighted by Crippen LogP contribution is 2.30. The molecular weight excluding hydrogens is 302 g/mol. The maximum atomic E-state index is 6.06. The van der Waals surface area contributed by atoms with Crippen LogP contribution in [0, 0.1) is 0 Å². The lowest BCUT2D eigenvalue weighted by molar-refractivity contribution is 0.411. The summed E-state index contributed by atoms with van der Waals surface area (Å²) < 4.78 is 5.37. The van der Waals surface area contributed by atoms with E-state index in [-0.39, 0.29) is 0 Å². The minimum absolute atomic E-state index is 0.372. The summed E-state index contributed by atoms with van der Waals surface area (Å²) in [5.41, 5.74) is 2.41. The molecule has 2 nitrogen and oxygen atoms in total. The second kappa shape index (κ2) is 7.74. The molecule has 1 N–H and O–H groups in total. The predicted octanol–water partition coefficient (Wildman–Crippen LogP) is 4.92. The fourth-order valence-electron chi connectivity index (χ4n) is 2.04. The Morgan fingerprint density at radius 3 is 2.52 bits per heavy atom. The molecule has 112 valence electrons. The summed E-state index contributed by atoms with van der Waals surface area (Å²) in [6.07, 6.45) is 0. The minimum Gasteiger partial charge on any atom is -0.496 e. The third-order valence-corrected chi connectivity index (χ3v) is 4.75. The second-order valence-electron chi connectivity index (χ2n) is 4.82. The van der Waals surface area contributed by atoms with Crippen LogP contribution >= 0.6 is 23.4 Å². The van der Waals surface area contributed by atoms with E-state index >= 15 is 0 Å². The molecule has 1 unspecified atom stereocenters. The Kier molecular flexibility index (Phi) is 5.97. The first kappa shape index (κ1) is 16.2. The van der Waals surface area contributed by atoms with Crippen molar-refractivity contribution in [3.8, 4) is 5.75 Å². The first-order chi connectivity index (χ1) is 10.1. The zero-order valence-corrected chi connectivity index (χ0v) is 14.1. The van der Waals surface area contributed by atoms with Crippen molar-refractivity contribution in [1.82, 2.24) is 5.32 Å². The van der Waals surface area contributed by atoms with Crippen molar-refractivity contribution in [2.45, 2.75) is 23.6 Å². The third-order valence-electron chi connectivity index (χ3n) is 3.45. The molecule has 2 aromatic carbocycles. The third kappa shape index (κ3) is 4.40. The average molecular weight is 322 g/mol. The van der Waals surface area contributed by atoms with Gasteiger partial charge in [0, 0.05) is 27.3 Å². The number of nitrogens with one attached hydrogen (secondary N) is 1. The van der Waals surface area contributed by atoms with Crippen LogP contribution in [0.5, 0.6) is 5.75 Å². The molecule has 0 bridgehead atoms. The van der Waals surface area contributed by atoms with Gasteiger partial charge in [0.1, 0.15) is 5.75 Å². The van der Waals surface area contributed by atoms with Crippen LogP contribution in [-0.2, 0) is 5.75 Å². The Labute approximate surface area is 135 Å². The number of hydrogen-bond acceptors (Lipinski definition) is 3. The molecule has 1 atom stereocenters. The van der Waals surface area contributed by atoms with Crippen LogP contribution in [0.1, 0.15) is 24.1 Å². The summed E-state index contributed by atoms with van der Waals surface area (Å²) in [6, 6.07) is 14.7. The van der Waals surface area contributed by atoms with Gasteiger partial charge < -0.3 is 10.1 Å². The number of halogens is 1. The van der Waals surface area contributed by atoms with Crippen molar-refractivity contribution in [3.05, 3.63) is 58.6 Å². The fourth-order valence-corrected chi connectivity index (χ4v) is 3.11. The van der Waals surface area contributed by atoms with E-state index in [0.717, 1.165) is 22.1 Å². The van der Waals surface area contributed by atoms with E-state index in [1.807, 2.05) is 25.2 Å². The van der Waals surface area contributed by atoms with E-state index in [9.17, 15) is 0 Å². The Morgan fingerprint density at radius 2 is 1.90 bits per heavy atom. The molecule has 0 amide bonds. The number of hydrogen-bond donors (Lipinski definition) is 1. The lowest BCUT2D eigenvalue weighted by Crippen LogP contribution is -2.11. The quantitative estimate of drug-likeness (QED) is 0.763. The minimum atomic E-state index is 0.372. The van der Waals surface area contributed by atoms with Crippen molar-refractivity contribution >= 4 is 23.4 Å². The number of benzene rings is 2. The van der Waals surface area contributed by atoms with Gasteiger partial charge in [0.2, 0.25) is 0 Å². The number of rotatable bonds is 6. The number of ether oxygens (including phenoxy) is 1. The van der Waals surface area contributed by atoms with Gasteiger partial charge in [0.15, 0.2) is 0 Å². The van der Waals surface area contributed by atoms with E-state index in [2.05, 4.69) is 36.5 Å². The monoisotopic (exact) mass is 321 g/mol. The molecule has 4 heteroatoms. The van der Waals surface area contributed by atoms with E-state index in [0.29, 0.717) is 6.04 Å². The highest BCUT2D eigenvalue weighted by molar-refractivity contribution is 7.98. The maximum Gasteiger partial charge on any atom is 0.123 e. The van der Waals surface area contributed by atoms with Gasteiger partial charge >= 0.3 is 0 Å². The molecule has 0 aliphatic rings. The summed E-state index contributed by atoms with van der Waals surface area (Å²) >= 11 is 7.84. The van der Waals surface area contributed by atoms with E-state index < -0.39 is 0 Å². The van der Waals surface area contributed by atoms with E-state index in [1.165, 1.54) is 10.5 Å². The largest absolute Gasteiger partial charge is 0.496 e. The van der Waals surface area contributed by atoms with Gasteiger partial charge in [0.05, 0.1) is 7.11 Å². The Bertz CT molecular complexity index is 586. The molecule has 0 aromatic heterocycles. The summed E-state index contributed by atoms with van der Waals surface area (Å²) in [5.74, 6) is 1.72. The van der Waals surface area contributed by atoms with Crippen molar-refractivity contribution in [3.63, 3.8) is 0 Å². The van der Waals surface area contributed by atoms with Gasteiger partial charge in [-0.15, -0.1) is 11.8 Å². The zero-order valence-electron chi connectivity index (χ0n) is 12.5. The van der Waals surface area contributed by atoms with Crippen LogP contribution in [0.3, 0.4) is 0 Å². The number of thioether (sulfide) groups is 1. The van der Waals surface area contributed by atoms with E-state index in [1.54, 1.807) is 18.9 Å². The lowest BCUT2D eigenvalue weighted by atomic mass is 10.1. The van der Waals surface area contributed by atoms with Crippen molar-refractivity contribution < 1.29 is 4.74 Å². The first-order valence-electron chi connectivity index (χ1n) is 6.86. The van der Waals surface area contributed by atoms with Crippen LogP contribution in [-0.4, -0.2) is 14.2 Å². The molecule has 21 heavy (non-hydrogen) atoms. The van der Waals surface area contributed by atoms with Crippen molar-refractivity contribution in [2.24, 2.45) is 0 Å². The molecule has 0 heterocycles. The smallest absolute Gasteiger partial charge is 0.123 e. The second-order valence-corrected chi connectivity index (χ2v) is 6.31. The van der Waals surface area contributed by atoms with Gasteiger partial charge in [-0.1, -0.05) is 23.7 Å². The van der Waals surface area contributed by atoms with Gasteiger partial charge in [0.25, 0.3) is 0 Å². The van der Waals surface area contributed by atoms with Crippen molar-refractivity contribution in [1.29, 1.82) is 0 Å². The van der Waals surface area contributed by atoms with Crippen LogP contribution in [0.15, 0.2) is 47.4 Å². The van der Waals surface area contributed by atoms with E-state index in [4.69, 9.17) is 16.3 Å². The molecule has 0 fully saturated rings. The molecule has 0 aliphatic carbocycles.